The Bertz CT molecular complexity index is 1410. The van der Waals surface area contributed by atoms with Crippen molar-refractivity contribution in [3.8, 4) is 23.0 Å². The van der Waals surface area contributed by atoms with Gasteiger partial charge in [0.2, 0.25) is 0 Å². The van der Waals surface area contributed by atoms with Gasteiger partial charge in [0, 0.05) is 10.8 Å². The van der Waals surface area contributed by atoms with Crippen molar-refractivity contribution >= 4 is 33.3 Å². The fraction of sp³-hybridized carbons (Fsp3) is 0.0800. The molecular formula is C25H19N3O4S. The Kier molecular flexibility index (Phi) is 5.73. The predicted molar refractivity (Wildman–Crippen MR) is 127 cm³/mol. The summed E-state index contributed by atoms with van der Waals surface area (Å²) < 4.78 is 16.6. The number of methoxy groups -OCH3 is 1. The Morgan fingerprint density at radius 3 is 2.67 bits per heavy atom. The maximum absolute atomic E-state index is 13.2. The number of benzene rings is 2. The van der Waals surface area contributed by atoms with E-state index >= 15 is 0 Å². The molecule has 0 aliphatic heterocycles. The predicted octanol–water partition coefficient (Wildman–Crippen LogP) is 5.79. The molecule has 0 unspecified atom stereocenters. The Labute approximate surface area is 193 Å². The van der Waals surface area contributed by atoms with Crippen LogP contribution in [0.1, 0.15) is 16.1 Å². The summed E-state index contributed by atoms with van der Waals surface area (Å²) >= 11 is 1.34. The molecule has 3 heterocycles. The van der Waals surface area contributed by atoms with Gasteiger partial charge in [-0.2, -0.15) is 0 Å². The average molecular weight is 458 g/mol. The maximum atomic E-state index is 13.2. The molecule has 164 valence electrons. The molecule has 0 fully saturated rings. The second-order valence-electron chi connectivity index (χ2n) is 7.09. The summed E-state index contributed by atoms with van der Waals surface area (Å²) in [7, 11) is 1.60. The Morgan fingerprint density at radius 1 is 1.03 bits per heavy atom. The molecule has 3 aromatic heterocycles. The van der Waals surface area contributed by atoms with E-state index < -0.39 is 0 Å². The van der Waals surface area contributed by atoms with Crippen LogP contribution in [-0.4, -0.2) is 23.0 Å². The van der Waals surface area contributed by atoms with E-state index in [9.17, 15) is 4.79 Å². The minimum atomic E-state index is -0.270. The van der Waals surface area contributed by atoms with Crippen LogP contribution in [0.2, 0.25) is 0 Å². The van der Waals surface area contributed by atoms with Crippen LogP contribution in [0, 0.1) is 0 Å². The van der Waals surface area contributed by atoms with Crippen molar-refractivity contribution in [3.05, 3.63) is 89.6 Å². The SMILES string of the molecule is COc1ccccc1OCc1csc(NC(=O)c2cc(-c3ccco3)nc3ccccc23)n1. The second kappa shape index (κ2) is 9.13. The molecule has 0 spiro atoms. The number of thiazole rings is 1. The molecular weight excluding hydrogens is 438 g/mol. The van der Waals surface area contributed by atoms with E-state index in [1.54, 1.807) is 25.5 Å². The second-order valence-corrected chi connectivity index (χ2v) is 7.95. The summed E-state index contributed by atoms with van der Waals surface area (Å²) in [6.07, 6.45) is 1.58. The number of furan rings is 1. The topological polar surface area (TPSA) is 86.5 Å². The number of anilines is 1. The molecule has 0 aliphatic rings. The molecule has 8 heteroatoms. The molecule has 1 amide bonds. The molecule has 0 atom stereocenters. The Balaban J connectivity index is 1.36. The van der Waals surface area contributed by atoms with E-state index in [0.29, 0.717) is 44.9 Å². The van der Waals surface area contributed by atoms with Gasteiger partial charge < -0.3 is 13.9 Å². The molecule has 1 N–H and O–H groups in total. The van der Waals surface area contributed by atoms with Crippen LogP contribution >= 0.6 is 11.3 Å². The first-order valence-electron chi connectivity index (χ1n) is 10.2. The number of nitrogens with zero attached hydrogens (tertiary/aromatic N) is 2. The van der Waals surface area contributed by atoms with E-state index in [2.05, 4.69) is 15.3 Å². The van der Waals surface area contributed by atoms with Crippen molar-refractivity contribution in [2.24, 2.45) is 0 Å². The minimum absolute atomic E-state index is 0.258. The van der Waals surface area contributed by atoms with Crippen LogP contribution in [0.3, 0.4) is 0 Å². The highest BCUT2D eigenvalue weighted by Gasteiger charge is 2.16. The summed E-state index contributed by atoms with van der Waals surface area (Å²) in [5.41, 5.74) is 2.50. The Morgan fingerprint density at radius 2 is 1.85 bits per heavy atom. The van der Waals surface area contributed by atoms with E-state index in [1.807, 2.05) is 60.0 Å². The van der Waals surface area contributed by atoms with Crippen molar-refractivity contribution < 1.29 is 18.7 Å². The highest BCUT2D eigenvalue weighted by Crippen LogP contribution is 2.28. The fourth-order valence-electron chi connectivity index (χ4n) is 3.40. The molecule has 0 bridgehead atoms. The normalized spacial score (nSPS) is 10.8. The monoisotopic (exact) mass is 457 g/mol. The first-order valence-corrected chi connectivity index (χ1v) is 11.0. The summed E-state index contributed by atoms with van der Waals surface area (Å²) in [4.78, 5) is 22.3. The number of amides is 1. The van der Waals surface area contributed by atoms with Gasteiger partial charge in [0.25, 0.3) is 5.91 Å². The average Bonchev–Trinajstić information content (AvgIpc) is 3.55. The van der Waals surface area contributed by atoms with Crippen molar-refractivity contribution in [3.63, 3.8) is 0 Å². The van der Waals surface area contributed by atoms with Gasteiger partial charge in [-0.15, -0.1) is 11.3 Å². The number of carbonyl (C=O) groups excluding carboxylic acids is 1. The van der Waals surface area contributed by atoms with Gasteiger partial charge in [-0.3, -0.25) is 10.1 Å². The molecule has 7 nitrogen and oxygen atoms in total. The number of ether oxygens (including phenoxy) is 2. The number of aromatic nitrogens is 2. The largest absolute Gasteiger partial charge is 0.493 e. The smallest absolute Gasteiger partial charge is 0.258 e. The molecule has 0 saturated heterocycles. The number of hydrogen-bond donors (Lipinski definition) is 1. The quantitative estimate of drug-likeness (QED) is 0.333. The number of fused-ring (bicyclic) bond motifs is 1. The number of hydrogen-bond acceptors (Lipinski definition) is 7. The van der Waals surface area contributed by atoms with Crippen LogP contribution in [0.4, 0.5) is 5.13 Å². The van der Waals surface area contributed by atoms with Gasteiger partial charge in [0.05, 0.1) is 30.1 Å². The lowest BCUT2D eigenvalue weighted by Crippen LogP contribution is -2.13. The van der Waals surface area contributed by atoms with E-state index in [1.165, 1.54) is 11.3 Å². The number of carbonyl (C=O) groups is 1. The number of rotatable bonds is 7. The number of nitrogens with one attached hydrogen (secondary N) is 1. The van der Waals surface area contributed by atoms with Crippen molar-refractivity contribution in [1.29, 1.82) is 0 Å². The zero-order valence-electron chi connectivity index (χ0n) is 17.6. The van der Waals surface area contributed by atoms with Crippen LogP contribution in [0.25, 0.3) is 22.4 Å². The lowest BCUT2D eigenvalue weighted by atomic mass is 10.1. The van der Waals surface area contributed by atoms with Gasteiger partial charge in [-0.25, -0.2) is 9.97 Å². The van der Waals surface area contributed by atoms with E-state index in [-0.39, 0.29) is 12.5 Å². The summed E-state index contributed by atoms with van der Waals surface area (Å²) in [6.45, 7) is 0.258. The van der Waals surface area contributed by atoms with Crippen LogP contribution < -0.4 is 14.8 Å². The number of pyridine rings is 1. The van der Waals surface area contributed by atoms with Crippen molar-refractivity contribution in [1.82, 2.24) is 9.97 Å². The molecule has 0 radical (unpaired) electrons. The van der Waals surface area contributed by atoms with Gasteiger partial charge in [-0.05, 0) is 36.4 Å². The van der Waals surface area contributed by atoms with Crippen LogP contribution in [-0.2, 0) is 6.61 Å². The molecule has 5 rings (SSSR count). The molecule has 0 aliphatic carbocycles. The molecule has 5 aromatic rings. The van der Waals surface area contributed by atoms with Crippen molar-refractivity contribution in [2.75, 3.05) is 12.4 Å². The lowest BCUT2D eigenvalue weighted by molar-refractivity contribution is 0.102. The fourth-order valence-corrected chi connectivity index (χ4v) is 4.09. The third kappa shape index (κ3) is 4.42. The van der Waals surface area contributed by atoms with E-state index in [0.717, 1.165) is 5.39 Å². The molecule has 33 heavy (non-hydrogen) atoms. The third-order valence-electron chi connectivity index (χ3n) is 4.95. The minimum Gasteiger partial charge on any atom is -0.493 e. The molecule has 2 aromatic carbocycles. The van der Waals surface area contributed by atoms with E-state index in [4.69, 9.17) is 13.9 Å². The highest BCUT2D eigenvalue weighted by molar-refractivity contribution is 7.14. The summed E-state index contributed by atoms with van der Waals surface area (Å²) in [6, 6.07) is 20.3. The van der Waals surface area contributed by atoms with Crippen LogP contribution in [0.5, 0.6) is 11.5 Å². The Hall–Kier alpha value is -4.17. The standard InChI is InChI=1S/C25H19N3O4S/c1-30-22-9-4-5-10-23(22)32-14-16-15-33-25(26-16)28-24(29)18-13-20(21-11-6-12-31-21)27-19-8-3-2-7-17(18)19/h2-13,15H,14H2,1H3,(H,26,28,29). The van der Waals surface area contributed by atoms with Crippen LogP contribution in [0.15, 0.2) is 82.8 Å². The van der Waals surface area contributed by atoms with Crippen molar-refractivity contribution in [2.45, 2.75) is 6.61 Å². The van der Waals surface area contributed by atoms with Gasteiger partial charge in [0.1, 0.15) is 12.3 Å². The van der Waals surface area contributed by atoms with Gasteiger partial charge >= 0.3 is 0 Å². The van der Waals surface area contributed by atoms with Gasteiger partial charge in [-0.1, -0.05) is 30.3 Å². The molecule has 0 saturated carbocycles. The first kappa shape index (κ1) is 20.7. The first-order chi connectivity index (χ1) is 16.2. The zero-order chi connectivity index (χ0) is 22.6. The number of para-hydroxylation sites is 3. The third-order valence-corrected chi connectivity index (χ3v) is 5.76. The zero-order valence-corrected chi connectivity index (χ0v) is 18.5. The highest BCUT2D eigenvalue weighted by atomic mass is 32.1. The van der Waals surface area contributed by atoms with Gasteiger partial charge in [0.15, 0.2) is 22.4 Å². The summed E-state index contributed by atoms with van der Waals surface area (Å²) in [5.74, 6) is 1.61. The maximum Gasteiger partial charge on any atom is 0.258 e. The summed E-state index contributed by atoms with van der Waals surface area (Å²) in [5, 5.41) is 5.98. The lowest BCUT2D eigenvalue weighted by Gasteiger charge is -2.09.